The number of carbonyl (C=O) groups is 1. The lowest BCUT2D eigenvalue weighted by molar-refractivity contribution is -0.130. The van der Waals surface area contributed by atoms with Gasteiger partial charge in [-0.3, -0.25) is 0 Å². The van der Waals surface area contributed by atoms with Crippen molar-refractivity contribution >= 4 is 11.5 Å². The van der Waals surface area contributed by atoms with Crippen LogP contribution in [0.1, 0.15) is 80.5 Å². The quantitative estimate of drug-likeness (QED) is 0.599. The SMILES string of the molecule is C=C(C(=O)O)c1c(Cc2c(C)ccc(C(C)(C)C)c2O)cc(C)cc1C(C)(C)C. The van der Waals surface area contributed by atoms with E-state index >= 15 is 0 Å². The van der Waals surface area contributed by atoms with Crippen molar-refractivity contribution in [2.75, 3.05) is 0 Å². The summed E-state index contributed by atoms with van der Waals surface area (Å²) in [5.41, 5.74) is 5.96. The van der Waals surface area contributed by atoms with Crippen LogP contribution in [0.2, 0.25) is 0 Å². The maximum atomic E-state index is 11.8. The maximum Gasteiger partial charge on any atom is 0.335 e. The van der Waals surface area contributed by atoms with E-state index in [4.69, 9.17) is 0 Å². The number of rotatable bonds is 4. The number of aliphatic carboxylic acids is 1. The number of hydrogen-bond acceptors (Lipinski definition) is 2. The Kier molecular flexibility index (Phi) is 6.04. The van der Waals surface area contributed by atoms with Gasteiger partial charge in [-0.1, -0.05) is 78.0 Å². The zero-order chi connectivity index (χ0) is 22.3. The Bertz CT molecular complexity index is 967. The first-order chi connectivity index (χ1) is 13.1. The number of phenols is 1. The summed E-state index contributed by atoms with van der Waals surface area (Å²) < 4.78 is 0. The highest BCUT2D eigenvalue weighted by molar-refractivity contribution is 6.15. The minimum absolute atomic E-state index is 0.0917. The van der Waals surface area contributed by atoms with Crippen LogP contribution in [0.5, 0.6) is 5.75 Å². The van der Waals surface area contributed by atoms with Gasteiger partial charge in [-0.05, 0) is 52.5 Å². The summed E-state index contributed by atoms with van der Waals surface area (Å²) in [5.74, 6) is -0.729. The number of phenolic OH excluding ortho intramolecular Hbond substituents is 1. The molecule has 3 nitrogen and oxygen atoms in total. The molecule has 0 saturated heterocycles. The van der Waals surface area contributed by atoms with E-state index in [2.05, 4.69) is 48.1 Å². The standard InChI is InChI=1S/C26H34O3/c1-15-12-18(22(17(3)24(28)29)21(13-15)26(7,8)9)14-19-16(2)10-11-20(23(19)27)25(4,5)6/h10-13,27H,3,14H2,1-2,4-9H3,(H,28,29). The molecule has 3 heteroatoms. The van der Waals surface area contributed by atoms with Gasteiger partial charge < -0.3 is 10.2 Å². The average molecular weight is 395 g/mol. The number of benzene rings is 2. The number of aromatic hydroxyl groups is 1. The number of carboxylic acid groups (broad SMARTS) is 1. The fraction of sp³-hybridized carbons (Fsp3) is 0.423. The highest BCUT2D eigenvalue weighted by atomic mass is 16.4. The van der Waals surface area contributed by atoms with Crippen molar-refractivity contribution in [3.8, 4) is 5.75 Å². The van der Waals surface area contributed by atoms with Crippen LogP contribution in [0, 0.1) is 13.8 Å². The summed E-state index contributed by atoms with van der Waals surface area (Å²) in [5, 5.41) is 20.8. The molecular weight excluding hydrogens is 360 g/mol. The van der Waals surface area contributed by atoms with E-state index in [0.29, 0.717) is 17.7 Å². The zero-order valence-corrected chi connectivity index (χ0v) is 19.0. The van der Waals surface area contributed by atoms with Crippen molar-refractivity contribution in [1.29, 1.82) is 0 Å². The number of carboxylic acids is 1. The second-order valence-corrected chi connectivity index (χ2v) is 10.1. The summed E-state index contributed by atoms with van der Waals surface area (Å²) in [4.78, 5) is 11.8. The van der Waals surface area contributed by atoms with Crippen molar-refractivity contribution in [2.24, 2.45) is 0 Å². The first-order valence-electron chi connectivity index (χ1n) is 10.0. The Morgan fingerprint density at radius 1 is 0.966 bits per heavy atom. The Balaban J connectivity index is 2.79. The minimum Gasteiger partial charge on any atom is -0.507 e. The fourth-order valence-electron chi connectivity index (χ4n) is 3.81. The average Bonchev–Trinajstić information content (AvgIpc) is 2.55. The van der Waals surface area contributed by atoms with Gasteiger partial charge in [0.2, 0.25) is 0 Å². The Morgan fingerprint density at radius 3 is 2.00 bits per heavy atom. The van der Waals surface area contributed by atoms with Gasteiger partial charge in [0.25, 0.3) is 0 Å². The molecule has 0 atom stereocenters. The van der Waals surface area contributed by atoms with Crippen LogP contribution in [0.25, 0.3) is 5.57 Å². The van der Waals surface area contributed by atoms with Gasteiger partial charge >= 0.3 is 5.97 Å². The lowest BCUT2D eigenvalue weighted by atomic mass is 9.77. The normalized spacial score (nSPS) is 12.1. The Morgan fingerprint density at radius 2 is 1.52 bits per heavy atom. The van der Waals surface area contributed by atoms with E-state index in [1.165, 1.54) is 0 Å². The lowest BCUT2D eigenvalue weighted by Gasteiger charge is -2.27. The molecule has 0 spiro atoms. The molecule has 29 heavy (non-hydrogen) atoms. The summed E-state index contributed by atoms with van der Waals surface area (Å²) in [7, 11) is 0. The summed E-state index contributed by atoms with van der Waals surface area (Å²) in [6, 6.07) is 8.07. The van der Waals surface area contributed by atoms with Crippen LogP contribution in [-0.4, -0.2) is 16.2 Å². The van der Waals surface area contributed by atoms with Crippen LogP contribution in [0.15, 0.2) is 30.8 Å². The van der Waals surface area contributed by atoms with E-state index in [0.717, 1.165) is 33.4 Å². The molecule has 2 aromatic carbocycles. The predicted molar refractivity (Wildman–Crippen MR) is 121 cm³/mol. The molecule has 0 unspecified atom stereocenters. The molecule has 0 saturated carbocycles. The molecule has 0 radical (unpaired) electrons. The van der Waals surface area contributed by atoms with Crippen LogP contribution < -0.4 is 0 Å². The second kappa shape index (κ2) is 7.70. The second-order valence-electron chi connectivity index (χ2n) is 10.1. The first-order valence-corrected chi connectivity index (χ1v) is 10.0. The molecule has 0 aliphatic carbocycles. The van der Waals surface area contributed by atoms with Gasteiger partial charge in [-0.15, -0.1) is 0 Å². The monoisotopic (exact) mass is 394 g/mol. The smallest absolute Gasteiger partial charge is 0.335 e. The zero-order valence-electron chi connectivity index (χ0n) is 19.0. The van der Waals surface area contributed by atoms with Gasteiger partial charge in [-0.25, -0.2) is 4.79 Å². The highest BCUT2D eigenvalue weighted by Gasteiger charge is 2.27. The van der Waals surface area contributed by atoms with E-state index < -0.39 is 5.97 Å². The summed E-state index contributed by atoms with van der Waals surface area (Å²) in [6.45, 7) is 20.3. The van der Waals surface area contributed by atoms with E-state index in [9.17, 15) is 15.0 Å². The van der Waals surface area contributed by atoms with E-state index in [1.54, 1.807) is 0 Å². The maximum absolute atomic E-state index is 11.8. The van der Waals surface area contributed by atoms with Crippen molar-refractivity contribution in [3.63, 3.8) is 0 Å². The molecule has 2 rings (SSSR count). The summed E-state index contributed by atoms with van der Waals surface area (Å²) >= 11 is 0. The number of aryl methyl sites for hydroxylation is 2. The van der Waals surface area contributed by atoms with Gasteiger partial charge in [0.15, 0.2) is 0 Å². The molecule has 2 N–H and O–H groups in total. The largest absolute Gasteiger partial charge is 0.507 e. The lowest BCUT2D eigenvalue weighted by Crippen LogP contribution is -2.18. The van der Waals surface area contributed by atoms with Crippen molar-refractivity contribution in [1.82, 2.24) is 0 Å². The van der Waals surface area contributed by atoms with Crippen LogP contribution >= 0.6 is 0 Å². The third-order valence-electron chi connectivity index (χ3n) is 5.42. The van der Waals surface area contributed by atoms with Crippen LogP contribution in [0.3, 0.4) is 0 Å². The molecule has 156 valence electrons. The van der Waals surface area contributed by atoms with Crippen molar-refractivity contribution < 1.29 is 15.0 Å². The first kappa shape index (κ1) is 22.7. The van der Waals surface area contributed by atoms with Crippen LogP contribution in [-0.2, 0) is 22.0 Å². The molecule has 0 bridgehead atoms. The molecule has 0 heterocycles. The summed E-state index contributed by atoms with van der Waals surface area (Å²) in [6.07, 6.45) is 0.452. The number of hydrogen-bond donors (Lipinski definition) is 2. The highest BCUT2D eigenvalue weighted by Crippen LogP contribution is 2.39. The Hall–Kier alpha value is -2.55. The predicted octanol–water partition coefficient (Wildman–Crippen LogP) is 6.29. The van der Waals surface area contributed by atoms with Gasteiger partial charge in [-0.2, -0.15) is 0 Å². The molecular formula is C26H34O3. The van der Waals surface area contributed by atoms with E-state index in [1.807, 2.05) is 38.1 Å². The van der Waals surface area contributed by atoms with Gasteiger partial charge in [0.1, 0.15) is 5.75 Å². The molecule has 0 fully saturated rings. The minimum atomic E-state index is -1.02. The third kappa shape index (κ3) is 4.72. The van der Waals surface area contributed by atoms with E-state index in [-0.39, 0.29) is 16.4 Å². The fourth-order valence-corrected chi connectivity index (χ4v) is 3.81. The van der Waals surface area contributed by atoms with Crippen LogP contribution in [0.4, 0.5) is 0 Å². The molecule has 2 aromatic rings. The molecule has 0 aliphatic heterocycles. The topological polar surface area (TPSA) is 57.5 Å². The van der Waals surface area contributed by atoms with Crippen molar-refractivity contribution in [2.45, 2.75) is 72.6 Å². The Labute approximate surface area is 175 Å². The third-order valence-corrected chi connectivity index (χ3v) is 5.42. The molecule has 0 amide bonds. The van der Waals surface area contributed by atoms with Gasteiger partial charge in [0.05, 0.1) is 5.57 Å². The van der Waals surface area contributed by atoms with Gasteiger partial charge in [0, 0.05) is 12.0 Å². The molecule has 0 aromatic heterocycles. The molecule has 0 aliphatic rings. The van der Waals surface area contributed by atoms with Crippen molar-refractivity contribution in [3.05, 3.63) is 69.8 Å².